The van der Waals surface area contributed by atoms with E-state index in [1.54, 1.807) is 28.3 Å². The van der Waals surface area contributed by atoms with Crippen molar-refractivity contribution < 1.29 is 28.5 Å². The molecule has 1 fully saturated rings. The van der Waals surface area contributed by atoms with Crippen LogP contribution in [0, 0.1) is 0 Å². The largest absolute Gasteiger partial charge is 0.497 e. The molecule has 1 amide bonds. The number of methoxy groups -OCH3 is 2. The monoisotopic (exact) mass is 583 g/mol. The van der Waals surface area contributed by atoms with E-state index in [0.717, 1.165) is 81.1 Å². The van der Waals surface area contributed by atoms with Crippen molar-refractivity contribution in [3.05, 3.63) is 53.6 Å². The molecule has 9 heteroatoms. The maximum absolute atomic E-state index is 12.1. The van der Waals surface area contributed by atoms with E-state index in [1.807, 2.05) is 12.1 Å². The number of benzene rings is 2. The molecule has 2 unspecified atom stereocenters. The average molecular weight is 584 g/mol. The van der Waals surface area contributed by atoms with Crippen molar-refractivity contribution in [1.29, 1.82) is 0 Å². The standard InChI is InChI=1S/C33H49N3O6/c1-6-27(42-33(37)35(2)3)14-11-26-21-29(25-9-12-28(39-5)13-10-25)32(22-34-26)41-23-24-8-15-31-30(20-24)36(17-19-40-31)16-7-18-38-4/h8-10,12-13,15,20,26-27,29,32,34H,6-7,11,14,16-19,21-23H2,1-5H3/t26?,27-,29?,32-/m0/s1. The minimum absolute atomic E-state index is 0.0216. The summed E-state index contributed by atoms with van der Waals surface area (Å²) in [4.78, 5) is 16.0. The number of amides is 1. The van der Waals surface area contributed by atoms with Gasteiger partial charge in [-0.2, -0.15) is 0 Å². The molecule has 2 heterocycles. The molecule has 0 spiro atoms. The molecular weight excluding hydrogens is 534 g/mol. The SMILES string of the molecule is CC[C@@H](CCC1CC(c2ccc(OC)cc2)[C@@H](OCc2ccc3c(c2)N(CCCOC)CCO3)CN1)OC(=O)N(C)C. The maximum Gasteiger partial charge on any atom is 0.409 e. The van der Waals surface area contributed by atoms with Crippen molar-refractivity contribution in [2.24, 2.45) is 0 Å². The summed E-state index contributed by atoms with van der Waals surface area (Å²) < 4.78 is 28.9. The molecule has 2 aromatic rings. The van der Waals surface area contributed by atoms with Crippen molar-refractivity contribution in [2.75, 3.05) is 66.1 Å². The smallest absolute Gasteiger partial charge is 0.409 e. The highest BCUT2D eigenvalue weighted by Crippen LogP contribution is 2.35. The lowest BCUT2D eigenvalue weighted by Gasteiger charge is -2.38. The van der Waals surface area contributed by atoms with Gasteiger partial charge in [0.25, 0.3) is 0 Å². The lowest BCUT2D eigenvalue weighted by molar-refractivity contribution is 0.000620. The molecule has 0 saturated carbocycles. The number of carbonyl (C=O) groups excluding carboxylic acids is 1. The Morgan fingerprint density at radius 1 is 1.17 bits per heavy atom. The van der Waals surface area contributed by atoms with Crippen molar-refractivity contribution in [3.63, 3.8) is 0 Å². The quantitative estimate of drug-likeness (QED) is 0.303. The van der Waals surface area contributed by atoms with Gasteiger partial charge < -0.3 is 38.8 Å². The number of nitrogens with one attached hydrogen (secondary N) is 1. The maximum atomic E-state index is 12.1. The number of anilines is 1. The number of nitrogens with zero attached hydrogens (tertiary/aromatic N) is 2. The zero-order valence-corrected chi connectivity index (χ0v) is 26.0. The second kappa shape index (κ2) is 16.0. The molecule has 1 saturated heterocycles. The molecule has 42 heavy (non-hydrogen) atoms. The molecule has 9 nitrogen and oxygen atoms in total. The van der Waals surface area contributed by atoms with Gasteiger partial charge in [0.05, 0.1) is 32.1 Å². The fourth-order valence-electron chi connectivity index (χ4n) is 5.79. The fraction of sp³-hybridized carbons (Fsp3) is 0.606. The summed E-state index contributed by atoms with van der Waals surface area (Å²) in [5.41, 5.74) is 3.52. The molecule has 0 bridgehead atoms. The van der Waals surface area contributed by atoms with Crippen molar-refractivity contribution >= 4 is 11.8 Å². The topological polar surface area (TPSA) is 81.7 Å². The Morgan fingerprint density at radius 2 is 1.98 bits per heavy atom. The van der Waals surface area contributed by atoms with E-state index in [-0.39, 0.29) is 24.2 Å². The number of carbonyl (C=O) groups is 1. The number of hydrogen-bond donors (Lipinski definition) is 1. The van der Waals surface area contributed by atoms with Gasteiger partial charge in [0.2, 0.25) is 0 Å². The van der Waals surface area contributed by atoms with Crippen LogP contribution < -0.4 is 19.7 Å². The van der Waals surface area contributed by atoms with Crippen LogP contribution in [0.3, 0.4) is 0 Å². The van der Waals surface area contributed by atoms with Crippen LogP contribution in [0.15, 0.2) is 42.5 Å². The number of hydrogen-bond acceptors (Lipinski definition) is 8. The van der Waals surface area contributed by atoms with Crippen LogP contribution in [-0.4, -0.2) is 90.4 Å². The minimum Gasteiger partial charge on any atom is -0.497 e. The van der Waals surface area contributed by atoms with Crippen LogP contribution in [0.25, 0.3) is 0 Å². The van der Waals surface area contributed by atoms with Gasteiger partial charge in [-0.1, -0.05) is 25.1 Å². The molecule has 2 aliphatic rings. The Kier molecular flexibility index (Phi) is 12.2. The zero-order valence-electron chi connectivity index (χ0n) is 26.0. The lowest BCUT2D eigenvalue weighted by atomic mass is 9.82. The van der Waals surface area contributed by atoms with Gasteiger partial charge in [0, 0.05) is 52.9 Å². The van der Waals surface area contributed by atoms with Crippen molar-refractivity contribution in [1.82, 2.24) is 10.2 Å². The van der Waals surface area contributed by atoms with Crippen LogP contribution >= 0.6 is 0 Å². The Balaban J connectivity index is 1.41. The Bertz CT molecular complexity index is 1110. The second-order valence-electron chi connectivity index (χ2n) is 11.4. The second-order valence-corrected chi connectivity index (χ2v) is 11.4. The van der Waals surface area contributed by atoms with Gasteiger partial charge in [-0.05, 0) is 67.5 Å². The third kappa shape index (κ3) is 8.75. The van der Waals surface area contributed by atoms with E-state index in [1.165, 1.54) is 10.5 Å². The van der Waals surface area contributed by atoms with Crippen LogP contribution in [0.2, 0.25) is 0 Å². The molecule has 4 atom stereocenters. The van der Waals surface area contributed by atoms with Gasteiger partial charge in [-0.15, -0.1) is 0 Å². The van der Waals surface area contributed by atoms with E-state index in [9.17, 15) is 4.79 Å². The summed E-state index contributed by atoms with van der Waals surface area (Å²) in [5, 5.41) is 3.73. The third-order valence-electron chi connectivity index (χ3n) is 8.29. The molecule has 2 aromatic carbocycles. The molecular formula is C33H49N3O6. The third-order valence-corrected chi connectivity index (χ3v) is 8.29. The molecule has 0 aromatic heterocycles. The zero-order chi connectivity index (χ0) is 29.9. The predicted molar refractivity (Wildman–Crippen MR) is 165 cm³/mol. The van der Waals surface area contributed by atoms with Crippen LogP contribution in [0.5, 0.6) is 11.5 Å². The number of ether oxygens (including phenoxy) is 5. The van der Waals surface area contributed by atoms with Crippen molar-refractivity contribution in [3.8, 4) is 11.5 Å². The number of rotatable bonds is 14. The first-order valence-electron chi connectivity index (χ1n) is 15.3. The molecule has 4 rings (SSSR count). The molecule has 0 aliphatic carbocycles. The summed E-state index contributed by atoms with van der Waals surface area (Å²) in [6.07, 6.45) is 4.14. The van der Waals surface area contributed by atoms with Crippen molar-refractivity contribution in [2.45, 2.75) is 69.8 Å². The Labute approximate surface area is 251 Å². The Morgan fingerprint density at radius 3 is 2.69 bits per heavy atom. The molecule has 1 N–H and O–H groups in total. The predicted octanol–water partition coefficient (Wildman–Crippen LogP) is 5.22. The highest BCUT2D eigenvalue weighted by molar-refractivity contribution is 5.67. The highest BCUT2D eigenvalue weighted by Gasteiger charge is 2.33. The minimum atomic E-state index is -0.283. The van der Waals surface area contributed by atoms with E-state index in [2.05, 4.69) is 47.5 Å². The van der Waals surface area contributed by atoms with Crippen LogP contribution in [-0.2, 0) is 20.8 Å². The Hall–Kier alpha value is -3.01. The van der Waals surface area contributed by atoms with Gasteiger partial charge in [-0.3, -0.25) is 0 Å². The first-order chi connectivity index (χ1) is 20.4. The van der Waals surface area contributed by atoms with E-state index < -0.39 is 0 Å². The molecule has 2 aliphatic heterocycles. The van der Waals surface area contributed by atoms with E-state index in [4.69, 9.17) is 23.7 Å². The fourth-order valence-corrected chi connectivity index (χ4v) is 5.79. The summed E-state index contributed by atoms with van der Waals surface area (Å²) in [5.74, 6) is 2.02. The first kappa shape index (κ1) is 31.9. The summed E-state index contributed by atoms with van der Waals surface area (Å²) in [7, 11) is 6.87. The summed E-state index contributed by atoms with van der Waals surface area (Å²) in [6.45, 7) is 6.62. The number of fused-ring (bicyclic) bond motifs is 1. The average Bonchev–Trinajstić information content (AvgIpc) is 3.02. The van der Waals surface area contributed by atoms with Crippen LogP contribution in [0.4, 0.5) is 10.5 Å². The normalized spacial score (nSPS) is 20.8. The van der Waals surface area contributed by atoms with Gasteiger partial charge in [-0.25, -0.2) is 4.79 Å². The van der Waals surface area contributed by atoms with Gasteiger partial charge in [0.1, 0.15) is 24.2 Å². The first-order valence-corrected chi connectivity index (χ1v) is 15.3. The molecule has 0 radical (unpaired) electrons. The van der Waals surface area contributed by atoms with Gasteiger partial charge in [0.15, 0.2) is 0 Å². The lowest BCUT2D eigenvalue weighted by Crippen LogP contribution is -2.47. The summed E-state index contributed by atoms with van der Waals surface area (Å²) >= 11 is 0. The summed E-state index contributed by atoms with van der Waals surface area (Å²) in [6, 6.07) is 15.1. The van der Waals surface area contributed by atoms with Crippen LogP contribution in [0.1, 0.15) is 56.1 Å². The highest BCUT2D eigenvalue weighted by atomic mass is 16.6. The van der Waals surface area contributed by atoms with E-state index in [0.29, 0.717) is 19.3 Å². The van der Waals surface area contributed by atoms with E-state index >= 15 is 0 Å². The molecule has 232 valence electrons. The van der Waals surface area contributed by atoms with Gasteiger partial charge >= 0.3 is 6.09 Å². The number of piperidine rings is 1.